The van der Waals surface area contributed by atoms with Gasteiger partial charge < -0.3 is 10.5 Å². The normalized spacial score (nSPS) is 10.8. The van der Waals surface area contributed by atoms with Crippen molar-refractivity contribution in [3.05, 3.63) is 73.8 Å². The Kier molecular flexibility index (Phi) is 5.87. The minimum Gasteiger partial charge on any atom is -0.488 e. The number of hydrogen-bond donors (Lipinski definition) is 1. The number of carbonyl (C=O) groups is 1. The van der Waals surface area contributed by atoms with E-state index in [0.29, 0.717) is 16.9 Å². The van der Waals surface area contributed by atoms with E-state index in [1.165, 1.54) is 18.2 Å². The maximum absolute atomic E-state index is 11.2. The van der Waals surface area contributed by atoms with Crippen molar-refractivity contribution >= 4 is 33.6 Å². The van der Waals surface area contributed by atoms with Gasteiger partial charge in [-0.05, 0) is 29.8 Å². The van der Waals surface area contributed by atoms with E-state index in [2.05, 4.69) is 15.9 Å². The molecule has 0 fully saturated rings. The Morgan fingerprint density at radius 1 is 1.36 bits per heavy atom. The van der Waals surface area contributed by atoms with Crippen molar-refractivity contribution in [3.8, 4) is 11.8 Å². The lowest BCUT2D eigenvalue weighted by atomic mass is 10.1. The molecule has 0 saturated carbocycles. The number of amides is 1. The van der Waals surface area contributed by atoms with E-state index >= 15 is 0 Å². The highest BCUT2D eigenvalue weighted by molar-refractivity contribution is 9.10. The fourth-order valence-corrected chi connectivity index (χ4v) is 2.38. The molecule has 0 aliphatic carbocycles. The van der Waals surface area contributed by atoms with Crippen LogP contribution in [0.15, 0.2) is 52.5 Å². The summed E-state index contributed by atoms with van der Waals surface area (Å²) in [5, 5.41) is 19.8. The number of primary amides is 1. The third-order valence-corrected chi connectivity index (χ3v) is 3.67. The Morgan fingerprint density at radius 3 is 2.76 bits per heavy atom. The average molecular weight is 402 g/mol. The number of halogens is 1. The minimum absolute atomic E-state index is 0.0301. The molecule has 1 amide bonds. The molecule has 0 spiro atoms. The summed E-state index contributed by atoms with van der Waals surface area (Å²) in [4.78, 5) is 21.6. The molecule has 0 bridgehead atoms. The second-order valence-corrected chi connectivity index (χ2v) is 5.85. The first-order valence-corrected chi connectivity index (χ1v) is 7.77. The van der Waals surface area contributed by atoms with Crippen molar-refractivity contribution in [3.63, 3.8) is 0 Å². The minimum atomic E-state index is -0.841. The molecule has 0 heterocycles. The van der Waals surface area contributed by atoms with Crippen molar-refractivity contribution in [2.75, 3.05) is 0 Å². The van der Waals surface area contributed by atoms with Gasteiger partial charge in [-0.1, -0.05) is 28.1 Å². The zero-order chi connectivity index (χ0) is 18.4. The Hall–Kier alpha value is -3.18. The van der Waals surface area contributed by atoms with Gasteiger partial charge in [0.1, 0.15) is 24.0 Å². The van der Waals surface area contributed by atoms with Crippen LogP contribution in [-0.4, -0.2) is 10.8 Å². The Balaban J connectivity index is 2.29. The van der Waals surface area contributed by atoms with Crippen molar-refractivity contribution < 1.29 is 14.5 Å². The molecule has 126 valence electrons. The molecule has 0 radical (unpaired) electrons. The van der Waals surface area contributed by atoms with Gasteiger partial charge in [0.05, 0.1) is 4.92 Å². The Morgan fingerprint density at radius 2 is 2.12 bits per heavy atom. The van der Waals surface area contributed by atoms with Gasteiger partial charge in [0, 0.05) is 22.2 Å². The standard InChI is InChI=1S/C17H12BrN3O4/c18-14-4-5-16(12(8-14)7-13(9-19)17(20)22)25-10-11-2-1-3-15(6-11)21(23)24/h1-8H,10H2,(H2,20,22)/b13-7+. The van der Waals surface area contributed by atoms with Crippen molar-refractivity contribution in [2.45, 2.75) is 6.61 Å². The largest absolute Gasteiger partial charge is 0.488 e. The second kappa shape index (κ2) is 8.08. The molecule has 0 aliphatic heterocycles. The number of carbonyl (C=O) groups excluding carboxylic acids is 1. The zero-order valence-electron chi connectivity index (χ0n) is 12.8. The summed E-state index contributed by atoms with van der Waals surface area (Å²) in [6, 6.07) is 12.9. The number of nitro benzene ring substituents is 1. The smallest absolute Gasteiger partial charge is 0.269 e. The van der Waals surface area contributed by atoms with E-state index in [0.717, 1.165) is 4.47 Å². The van der Waals surface area contributed by atoms with E-state index in [1.54, 1.807) is 36.4 Å². The van der Waals surface area contributed by atoms with Gasteiger partial charge in [0.25, 0.3) is 11.6 Å². The molecule has 25 heavy (non-hydrogen) atoms. The van der Waals surface area contributed by atoms with Gasteiger partial charge >= 0.3 is 0 Å². The van der Waals surface area contributed by atoms with Crippen LogP contribution in [0.4, 0.5) is 5.69 Å². The summed E-state index contributed by atoms with van der Waals surface area (Å²) in [5.41, 5.74) is 6.00. The van der Waals surface area contributed by atoms with E-state index in [1.807, 2.05) is 0 Å². The number of nitrogens with zero attached hydrogens (tertiary/aromatic N) is 2. The molecule has 8 heteroatoms. The van der Waals surface area contributed by atoms with Crippen molar-refractivity contribution in [1.82, 2.24) is 0 Å². The van der Waals surface area contributed by atoms with Crippen LogP contribution in [-0.2, 0) is 11.4 Å². The van der Waals surface area contributed by atoms with Crippen LogP contribution in [0.2, 0.25) is 0 Å². The number of ether oxygens (including phenoxy) is 1. The molecule has 2 aromatic rings. The Bertz CT molecular complexity index is 903. The third-order valence-electron chi connectivity index (χ3n) is 3.17. The van der Waals surface area contributed by atoms with Crippen LogP contribution in [0.25, 0.3) is 6.08 Å². The van der Waals surface area contributed by atoms with Gasteiger partial charge in [-0.15, -0.1) is 0 Å². The summed E-state index contributed by atoms with van der Waals surface area (Å²) in [6.45, 7) is 0.0859. The molecule has 0 aliphatic rings. The number of nitro groups is 1. The van der Waals surface area contributed by atoms with Crippen molar-refractivity contribution in [2.24, 2.45) is 5.73 Å². The first kappa shape index (κ1) is 18.2. The van der Waals surface area contributed by atoms with Crippen LogP contribution in [0.5, 0.6) is 5.75 Å². The predicted octanol–water partition coefficient (Wildman–Crippen LogP) is 3.33. The first-order valence-electron chi connectivity index (χ1n) is 6.98. The lowest BCUT2D eigenvalue weighted by Crippen LogP contribution is -2.12. The van der Waals surface area contributed by atoms with Gasteiger partial charge in [0.2, 0.25) is 0 Å². The molecule has 0 unspecified atom stereocenters. The monoisotopic (exact) mass is 401 g/mol. The molecule has 2 aromatic carbocycles. The molecule has 7 nitrogen and oxygen atoms in total. The Labute approximate surface area is 151 Å². The number of benzene rings is 2. The number of rotatable bonds is 6. The molecular weight excluding hydrogens is 390 g/mol. The molecule has 0 atom stereocenters. The van der Waals surface area contributed by atoms with E-state index < -0.39 is 10.8 Å². The van der Waals surface area contributed by atoms with E-state index in [4.69, 9.17) is 15.7 Å². The average Bonchev–Trinajstić information content (AvgIpc) is 2.58. The van der Waals surface area contributed by atoms with Crippen LogP contribution < -0.4 is 10.5 Å². The predicted molar refractivity (Wildman–Crippen MR) is 94.4 cm³/mol. The number of non-ortho nitro benzene ring substituents is 1. The summed E-state index contributed by atoms with van der Waals surface area (Å²) in [7, 11) is 0. The summed E-state index contributed by atoms with van der Waals surface area (Å²) in [6.07, 6.45) is 1.33. The fraction of sp³-hybridized carbons (Fsp3) is 0.0588. The van der Waals surface area contributed by atoms with Crippen LogP contribution in [0, 0.1) is 21.4 Å². The second-order valence-electron chi connectivity index (χ2n) is 4.93. The quantitative estimate of drug-likeness (QED) is 0.344. The van der Waals surface area contributed by atoms with Crippen LogP contribution in [0.3, 0.4) is 0 Å². The molecule has 0 saturated heterocycles. The first-order chi connectivity index (χ1) is 11.9. The van der Waals surface area contributed by atoms with Gasteiger partial charge in [-0.3, -0.25) is 14.9 Å². The third kappa shape index (κ3) is 4.89. The van der Waals surface area contributed by atoms with Crippen LogP contribution in [0.1, 0.15) is 11.1 Å². The van der Waals surface area contributed by atoms with Crippen molar-refractivity contribution in [1.29, 1.82) is 5.26 Å². The number of hydrogen-bond acceptors (Lipinski definition) is 5. The summed E-state index contributed by atoms with van der Waals surface area (Å²) < 4.78 is 6.41. The van der Waals surface area contributed by atoms with E-state index in [-0.39, 0.29) is 17.9 Å². The van der Waals surface area contributed by atoms with Gasteiger partial charge in [-0.2, -0.15) is 5.26 Å². The maximum Gasteiger partial charge on any atom is 0.269 e. The highest BCUT2D eigenvalue weighted by Gasteiger charge is 2.10. The number of nitriles is 1. The molecule has 2 rings (SSSR count). The lowest BCUT2D eigenvalue weighted by Gasteiger charge is -2.10. The zero-order valence-corrected chi connectivity index (χ0v) is 14.4. The highest BCUT2D eigenvalue weighted by Crippen LogP contribution is 2.26. The van der Waals surface area contributed by atoms with Crippen LogP contribution >= 0.6 is 15.9 Å². The topological polar surface area (TPSA) is 119 Å². The highest BCUT2D eigenvalue weighted by atomic mass is 79.9. The lowest BCUT2D eigenvalue weighted by molar-refractivity contribution is -0.384. The summed E-state index contributed by atoms with van der Waals surface area (Å²) >= 11 is 3.31. The van der Waals surface area contributed by atoms with Gasteiger partial charge in [-0.25, -0.2) is 0 Å². The SMILES string of the molecule is N#C/C(=C\c1cc(Br)ccc1OCc1cccc([N+](=O)[O-])c1)C(N)=O. The summed E-state index contributed by atoms with van der Waals surface area (Å²) in [5.74, 6) is -0.434. The van der Waals surface area contributed by atoms with E-state index in [9.17, 15) is 14.9 Å². The number of nitrogens with two attached hydrogens (primary N) is 1. The molecule has 2 N–H and O–H groups in total. The molecule has 0 aromatic heterocycles. The molecular formula is C17H12BrN3O4. The fourth-order valence-electron chi connectivity index (χ4n) is 2.00. The van der Waals surface area contributed by atoms with Gasteiger partial charge in [0.15, 0.2) is 0 Å². The maximum atomic E-state index is 11.2.